The fourth-order valence-corrected chi connectivity index (χ4v) is 4.61. The minimum absolute atomic E-state index is 0.0816. The molecule has 0 aliphatic heterocycles. The lowest BCUT2D eigenvalue weighted by Crippen LogP contribution is -2.14. The lowest BCUT2D eigenvalue weighted by Gasteiger charge is -2.21. The predicted molar refractivity (Wildman–Crippen MR) is 107 cm³/mol. The number of carbonyl (C=O) groups is 1. The van der Waals surface area contributed by atoms with Crippen molar-refractivity contribution in [3.8, 4) is 0 Å². The molecule has 0 atom stereocenters. The van der Waals surface area contributed by atoms with Crippen LogP contribution in [0.15, 0.2) is 29.4 Å². The molecule has 2 aromatic heterocycles. The van der Waals surface area contributed by atoms with Crippen LogP contribution in [0.1, 0.15) is 44.3 Å². The Morgan fingerprint density at radius 1 is 1.38 bits per heavy atom. The first kappa shape index (κ1) is 19.1. The van der Waals surface area contributed by atoms with Gasteiger partial charge in [-0.1, -0.05) is 49.9 Å². The standard InChI is InChI=1S/C18H25N5OS2/c1-2-11-23-15(9-8-14-6-4-3-5-7-14)21-22-18(23)26-13-16(24)20-17-19-10-12-25-17/h2,10,12,14H,1,3-9,11,13H2,(H,19,20,24). The molecule has 3 rings (SSSR count). The number of thiazole rings is 1. The number of nitrogens with one attached hydrogen (secondary N) is 1. The first-order valence-electron chi connectivity index (χ1n) is 9.11. The van der Waals surface area contributed by atoms with E-state index in [1.807, 2.05) is 11.5 Å². The number of carbonyl (C=O) groups excluding carboxylic acids is 1. The third-order valence-corrected chi connectivity index (χ3v) is 6.27. The predicted octanol–water partition coefficient (Wildman–Crippen LogP) is 4.16. The fourth-order valence-electron chi connectivity index (χ4n) is 3.30. The van der Waals surface area contributed by atoms with Crippen LogP contribution in [-0.2, 0) is 17.8 Å². The number of hydrogen-bond donors (Lipinski definition) is 1. The lowest BCUT2D eigenvalue weighted by atomic mass is 9.86. The van der Waals surface area contributed by atoms with Gasteiger partial charge in [-0.2, -0.15) is 0 Å². The summed E-state index contributed by atoms with van der Waals surface area (Å²) in [5.74, 6) is 2.02. The summed E-state index contributed by atoms with van der Waals surface area (Å²) < 4.78 is 2.08. The van der Waals surface area contributed by atoms with E-state index in [0.717, 1.165) is 23.3 Å². The van der Waals surface area contributed by atoms with Crippen molar-refractivity contribution < 1.29 is 4.79 Å². The Morgan fingerprint density at radius 3 is 2.96 bits per heavy atom. The van der Waals surface area contributed by atoms with Gasteiger partial charge in [0.05, 0.1) is 5.75 Å². The van der Waals surface area contributed by atoms with Gasteiger partial charge in [-0.15, -0.1) is 28.1 Å². The molecule has 1 aliphatic rings. The second-order valence-corrected chi connectivity index (χ2v) is 8.35. The van der Waals surface area contributed by atoms with Gasteiger partial charge in [-0.25, -0.2) is 4.98 Å². The molecule has 1 amide bonds. The van der Waals surface area contributed by atoms with E-state index in [9.17, 15) is 4.79 Å². The molecule has 0 radical (unpaired) electrons. The van der Waals surface area contributed by atoms with Crippen molar-refractivity contribution >= 4 is 34.1 Å². The normalized spacial score (nSPS) is 15.1. The monoisotopic (exact) mass is 391 g/mol. The van der Waals surface area contributed by atoms with Crippen LogP contribution in [0, 0.1) is 5.92 Å². The van der Waals surface area contributed by atoms with Crippen molar-refractivity contribution in [1.29, 1.82) is 0 Å². The maximum Gasteiger partial charge on any atom is 0.236 e. The molecule has 0 bridgehead atoms. The highest BCUT2D eigenvalue weighted by Crippen LogP contribution is 2.28. The van der Waals surface area contributed by atoms with Crippen LogP contribution < -0.4 is 5.32 Å². The topological polar surface area (TPSA) is 72.7 Å². The van der Waals surface area contributed by atoms with Gasteiger partial charge in [-0.05, 0) is 12.3 Å². The number of aromatic nitrogens is 4. The number of hydrogen-bond acceptors (Lipinski definition) is 6. The van der Waals surface area contributed by atoms with Crippen LogP contribution in [0.2, 0.25) is 0 Å². The van der Waals surface area contributed by atoms with Gasteiger partial charge in [-0.3, -0.25) is 4.79 Å². The van der Waals surface area contributed by atoms with Crippen molar-refractivity contribution in [3.63, 3.8) is 0 Å². The van der Waals surface area contributed by atoms with Crippen LogP contribution >= 0.6 is 23.1 Å². The molecule has 0 unspecified atom stereocenters. The molecule has 140 valence electrons. The van der Waals surface area contributed by atoms with Gasteiger partial charge in [0.2, 0.25) is 5.91 Å². The van der Waals surface area contributed by atoms with E-state index in [2.05, 4.69) is 31.6 Å². The molecule has 1 N–H and O–H groups in total. The van der Waals surface area contributed by atoms with Crippen LogP contribution in [0.25, 0.3) is 0 Å². The summed E-state index contributed by atoms with van der Waals surface area (Å²) in [4.78, 5) is 16.1. The first-order valence-corrected chi connectivity index (χ1v) is 11.0. The third-order valence-electron chi connectivity index (χ3n) is 4.62. The molecule has 1 saturated carbocycles. The van der Waals surface area contributed by atoms with Gasteiger partial charge in [0.25, 0.3) is 0 Å². The van der Waals surface area contributed by atoms with Crippen LogP contribution in [-0.4, -0.2) is 31.4 Å². The summed E-state index contributed by atoms with van der Waals surface area (Å²) >= 11 is 2.82. The van der Waals surface area contributed by atoms with E-state index in [1.165, 1.54) is 61.6 Å². The first-order chi connectivity index (χ1) is 12.8. The molecule has 0 saturated heterocycles. The van der Waals surface area contributed by atoms with E-state index in [0.29, 0.717) is 11.7 Å². The maximum absolute atomic E-state index is 12.0. The lowest BCUT2D eigenvalue weighted by molar-refractivity contribution is -0.113. The second-order valence-electron chi connectivity index (χ2n) is 6.51. The number of rotatable bonds is 9. The minimum Gasteiger partial charge on any atom is -0.302 e. The van der Waals surface area contributed by atoms with Crippen LogP contribution in [0.4, 0.5) is 5.13 Å². The summed E-state index contributed by atoms with van der Waals surface area (Å²) in [6, 6.07) is 0. The molecule has 1 aliphatic carbocycles. The number of amides is 1. The zero-order valence-corrected chi connectivity index (χ0v) is 16.5. The van der Waals surface area contributed by atoms with Gasteiger partial charge in [0, 0.05) is 24.5 Å². The van der Waals surface area contributed by atoms with Gasteiger partial charge >= 0.3 is 0 Å². The minimum atomic E-state index is -0.0816. The summed E-state index contributed by atoms with van der Waals surface area (Å²) in [5.41, 5.74) is 0. The van der Waals surface area contributed by atoms with Crippen molar-refractivity contribution in [2.24, 2.45) is 5.92 Å². The van der Waals surface area contributed by atoms with Gasteiger partial charge in [0.1, 0.15) is 5.82 Å². The zero-order chi connectivity index (χ0) is 18.2. The summed E-state index contributed by atoms with van der Waals surface area (Å²) in [6.07, 6.45) is 12.4. The Balaban J connectivity index is 1.55. The Kier molecular flexibility index (Phi) is 7.25. The molecule has 8 heteroatoms. The number of nitrogens with zero attached hydrogens (tertiary/aromatic N) is 4. The van der Waals surface area contributed by atoms with Crippen molar-refractivity contribution in [3.05, 3.63) is 30.1 Å². The highest BCUT2D eigenvalue weighted by atomic mass is 32.2. The van der Waals surface area contributed by atoms with Crippen LogP contribution in [0.5, 0.6) is 0 Å². The van der Waals surface area contributed by atoms with E-state index >= 15 is 0 Å². The highest BCUT2D eigenvalue weighted by Gasteiger charge is 2.17. The molecule has 26 heavy (non-hydrogen) atoms. The second kappa shape index (κ2) is 9.87. The average Bonchev–Trinajstić information content (AvgIpc) is 3.30. The third kappa shape index (κ3) is 5.41. The summed E-state index contributed by atoms with van der Waals surface area (Å²) in [6.45, 7) is 4.51. The van der Waals surface area contributed by atoms with Crippen molar-refractivity contribution in [1.82, 2.24) is 19.7 Å². The van der Waals surface area contributed by atoms with E-state index in [4.69, 9.17) is 0 Å². The molecular formula is C18H25N5OS2. The van der Waals surface area contributed by atoms with E-state index in [1.54, 1.807) is 6.20 Å². The summed E-state index contributed by atoms with van der Waals surface area (Å²) in [7, 11) is 0. The fraction of sp³-hybridized carbons (Fsp3) is 0.556. The molecule has 1 fully saturated rings. The smallest absolute Gasteiger partial charge is 0.236 e. The van der Waals surface area contributed by atoms with E-state index < -0.39 is 0 Å². The van der Waals surface area contributed by atoms with Gasteiger partial charge < -0.3 is 9.88 Å². The van der Waals surface area contributed by atoms with Crippen molar-refractivity contribution in [2.45, 2.75) is 56.6 Å². The number of allylic oxidation sites excluding steroid dienone is 1. The molecule has 2 heterocycles. The Morgan fingerprint density at radius 2 is 2.23 bits per heavy atom. The maximum atomic E-state index is 12.0. The highest BCUT2D eigenvalue weighted by molar-refractivity contribution is 7.99. The molecule has 2 aromatic rings. The van der Waals surface area contributed by atoms with Crippen molar-refractivity contribution in [2.75, 3.05) is 11.1 Å². The number of thioether (sulfide) groups is 1. The number of anilines is 1. The average molecular weight is 392 g/mol. The molecule has 6 nitrogen and oxygen atoms in total. The SMILES string of the molecule is C=CCn1c(CCC2CCCCC2)nnc1SCC(=O)Nc1nccs1. The molecule has 0 aromatic carbocycles. The largest absolute Gasteiger partial charge is 0.302 e. The Hall–Kier alpha value is -1.67. The Bertz CT molecular complexity index is 707. The quantitative estimate of drug-likeness (QED) is 0.513. The Labute approximate surface area is 162 Å². The van der Waals surface area contributed by atoms with Gasteiger partial charge in [0.15, 0.2) is 10.3 Å². The summed E-state index contributed by atoms with van der Waals surface area (Å²) in [5, 5.41) is 14.7. The van der Waals surface area contributed by atoms with E-state index in [-0.39, 0.29) is 11.7 Å². The molecule has 0 spiro atoms. The number of aryl methyl sites for hydroxylation is 1. The zero-order valence-electron chi connectivity index (χ0n) is 14.9. The van der Waals surface area contributed by atoms with Crippen LogP contribution in [0.3, 0.4) is 0 Å². The molecular weight excluding hydrogens is 366 g/mol.